The molecule has 26 heavy (non-hydrogen) atoms. The minimum Gasteiger partial charge on any atom is -0.494 e. The lowest BCUT2D eigenvalue weighted by Crippen LogP contribution is -2.26. The van der Waals surface area contributed by atoms with E-state index in [-0.39, 0.29) is 0 Å². The summed E-state index contributed by atoms with van der Waals surface area (Å²) in [5.74, 6) is 0.865. The normalized spacial score (nSPS) is 14.0. The lowest BCUT2D eigenvalue weighted by atomic mass is 10.2. The van der Waals surface area contributed by atoms with Crippen LogP contribution in [0, 0.1) is 6.92 Å². The summed E-state index contributed by atoms with van der Waals surface area (Å²) in [6.07, 6.45) is 4.60. The summed E-state index contributed by atoms with van der Waals surface area (Å²) >= 11 is 1.42. The van der Waals surface area contributed by atoms with Crippen molar-refractivity contribution < 1.29 is 9.53 Å². The number of nitrogens with two attached hydrogens (primary N) is 1. The molecule has 0 unspecified atom stereocenters. The number of rotatable bonds is 7. The van der Waals surface area contributed by atoms with E-state index in [1.54, 1.807) is 0 Å². The first kappa shape index (κ1) is 20.6. The van der Waals surface area contributed by atoms with Crippen LogP contribution in [0.15, 0.2) is 24.3 Å². The number of aldehydes is 1. The third-order valence-corrected chi connectivity index (χ3v) is 5.29. The van der Waals surface area contributed by atoms with Crippen LogP contribution in [0.1, 0.15) is 41.6 Å². The number of ether oxygens (including phenoxy) is 1. The Bertz CT molecular complexity index is 664. The zero-order valence-corrected chi connectivity index (χ0v) is 16.6. The van der Waals surface area contributed by atoms with Crippen LogP contribution in [-0.2, 0) is 0 Å². The highest BCUT2D eigenvalue weighted by atomic mass is 32.1. The summed E-state index contributed by atoms with van der Waals surface area (Å²) in [5.41, 5.74) is 7.17. The number of thiazole rings is 1. The van der Waals surface area contributed by atoms with Gasteiger partial charge in [0.05, 0.1) is 17.2 Å². The van der Waals surface area contributed by atoms with Gasteiger partial charge in [0, 0.05) is 18.7 Å². The van der Waals surface area contributed by atoms with Gasteiger partial charge in [-0.15, -0.1) is 11.3 Å². The number of aromatic nitrogens is 1. The van der Waals surface area contributed by atoms with Crippen molar-refractivity contribution in [2.24, 2.45) is 5.73 Å². The maximum Gasteiger partial charge on any atom is 0.161 e. The van der Waals surface area contributed by atoms with Crippen molar-refractivity contribution in [3.8, 4) is 16.3 Å². The van der Waals surface area contributed by atoms with Crippen molar-refractivity contribution in [3.63, 3.8) is 0 Å². The average molecular weight is 376 g/mol. The third kappa shape index (κ3) is 6.20. The Morgan fingerprint density at radius 1 is 1.27 bits per heavy atom. The summed E-state index contributed by atoms with van der Waals surface area (Å²) in [4.78, 5) is 18.3. The minimum absolute atomic E-state index is 0.691. The number of hydrogen-bond donors (Lipinski definition) is 1. The number of carbonyl (C=O) groups excluding carboxylic acids is 1. The topological polar surface area (TPSA) is 68.4 Å². The second-order valence-electron chi connectivity index (χ2n) is 6.30. The van der Waals surface area contributed by atoms with Gasteiger partial charge in [-0.2, -0.15) is 0 Å². The van der Waals surface area contributed by atoms with Gasteiger partial charge in [-0.25, -0.2) is 4.98 Å². The fourth-order valence-electron chi connectivity index (χ4n) is 2.74. The van der Waals surface area contributed by atoms with Gasteiger partial charge in [0.15, 0.2) is 6.29 Å². The first-order chi connectivity index (χ1) is 12.7. The van der Waals surface area contributed by atoms with Gasteiger partial charge in [0.25, 0.3) is 0 Å². The van der Waals surface area contributed by atoms with E-state index in [1.165, 1.54) is 37.3 Å². The van der Waals surface area contributed by atoms with Crippen LogP contribution in [0.25, 0.3) is 10.6 Å². The number of hydrogen-bond acceptors (Lipinski definition) is 6. The molecular formula is C20H29N3O2S. The molecule has 0 spiro atoms. The molecule has 142 valence electrons. The summed E-state index contributed by atoms with van der Waals surface area (Å²) in [5, 5.41) is 0.872. The molecule has 6 heteroatoms. The summed E-state index contributed by atoms with van der Waals surface area (Å²) in [6.45, 7) is 9.12. The van der Waals surface area contributed by atoms with Gasteiger partial charge in [0.2, 0.25) is 0 Å². The first-order valence-electron chi connectivity index (χ1n) is 9.26. The monoisotopic (exact) mass is 375 g/mol. The fourth-order valence-corrected chi connectivity index (χ4v) is 3.63. The zero-order valence-electron chi connectivity index (χ0n) is 15.7. The molecule has 1 aliphatic heterocycles. The summed E-state index contributed by atoms with van der Waals surface area (Å²) in [6, 6.07) is 7.81. The molecule has 2 heterocycles. The highest BCUT2D eigenvalue weighted by Gasteiger charge is 2.09. The molecule has 2 N–H and O–H groups in total. The Balaban J connectivity index is 0.000000254. The molecule has 0 saturated carbocycles. The number of nitrogens with zero attached hydrogens (tertiary/aromatic N) is 2. The van der Waals surface area contributed by atoms with Gasteiger partial charge in [-0.3, -0.25) is 4.79 Å². The largest absolute Gasteiger partial charge is 0.494 e. The second kappa shape index (κ2) is 11.1. The number of carbonyl (C=O) groups is 1. The van der Waals surface area contributed by atoms with Crippen LogP contribution < -0.4 is 10.5 Å². The summed E-state index contributed by atoms with van der Waals surface area (Å²) in [7, 11) is 0. The molecule has 0 amide bonds. The number of likely N-dealkylation sites (tertiary alicyclic amines) is 1. The molecule has 5 nitrogen and oxygen atoms in total. The van der Waals surface area contributed by atoms with Gasteiger partial charge in [-0.1, -0.05) is 6.92 Å². The predicted octanol–water partition coefficient (Wildman–Crippen LogP) is 3.76. The second-order valence-corrected chi connectivity index (χ2v) is 7.33. The van der Waals surface area contributed by atoms with Crippen LogP contribution in [0.3, 0.4) is 0 Å². The minimum atomic E-state index is 0.691. The van der Waals surface area contributed by atoms with Crippen molar-refractivity contribution >= 4 is 17.6 Å². The SMILES string of the molecule is CCCOc1ccc(-c2nc(C)c(C=O)s2)cc1.NCCN1CCCC1. The summed E-state index contributed by atoms with van der Waals surface area (Å²) < 4.78 is 5.52. The standard InChI is InChI=1S/C14H15NO2S.C6H14N2/c1-3-8-17-12-6-4-11(5-7-12)14-15-10(2)13(9-16)18-14;7-3-6-8-4-1-2-5-8/h4-7,9H,3,8H2,1-2H3;1-7H2. The van der Waals surface area contributed by atoms with E-state index in [1.807, 2.05) is 31.2 Å². The van der Waals surface area contributed by atoms with Gasteiger partial charge < -0.3 is 15.4 Å². The maximum absolute atomic E-state index is 10.8. The van der Waals surface area contributed by atoms with Crippen LogP contribution in [0.5, 0.6) is 5.75 Å². The van der Waals surface area contributed by atoms with E-state index in [2.05, 4.69) is 16.8 Å². The fraction of sp³-hybridized carbons (Fsp3) is 0.500. The van der Waals surface area contributed by atoms with Crippen molar-refractivity contribution in [1.82, 2.24) is 9.88 Å². The quantitative estimate of drug-likeness (QED) is 0.746. The Hall–Kier alpha value is -1.76. The smallest absolute Gasteiger partial charge is 0.161 e. The third-order valence-electron chi connectivity index (χ3n) is 4.16. The Morgan fingerprint density at radius 3 is 2.50 bits per heavy atom. The lowest BCUT2D eigenvalue weighted by molar-refractivity contribution is 0.112. The van der Waals surface area contributed by atoms with Crippen LogP contribution >= 0.6 is 11.3 Å². The molecular weight excluding hydrogens is 346 g/mol. The van der Waals surface area contributed by atoms with Crippen LogP contribution in [0.4, 0.5) is 0 Å². The average Bonchev–Trinajstić information content (AvgIpc) is 3.31. The molecule has 0 bridgehead atoms. The highest BCUT2D eigenvalue weighted by Crippen LogP contribution is 2.28. The number of benzene rings is 1. The van der Waals surface area contributed by atoms with E-state index < -0.39 is 0 Å². The van der Waals surface area contributed by atoms with Crippen LogP contribution in [0.2, 0.25) is 0 Å². The van der Waals surface area contributed by atoms with E-state index >= 15 is 0 Å². The molecule has 2 aromatic rings. The molecule has 1 aliphatic rings. The molecule has 1 saturated heterocycles. The molecule has 1 aromatic heterocycles. The Morgan fingerprint density at radius 2 is 1.96 bits per heavy atom. The number of aryl methyl sites for hydroxylation is 1. The van der Waals surface area contributed by atoms with E-state index in [9.17, 15) is 4.79 Å². The van der Waals surface area contributed by atoms with Crippen molar-refractivity contribution in [2.75, 3.05) is 32.8 Å². The van der Waals surface area contributed by atoms with Gasteiger partial charge in [-0.05, 0) is 63.5 Å². The van der Waals surface area contributed by atoms with Gasteiger partial charge >= 0.3 is 0 Å². The van der Waals surface area contributed by atoms with E-state index in [0.717, 1.165) is 54.4 Å². The van der Waals surface area contributed by atoms with Crippen molar-refractivity contribution in [1.29, 1.82) is 0 Å². The van der Waals surface area contributed by atoms with E-state index in [0.29, 0.717) is 4.88 Å². The molecule has 0 radical (unpaired) electrons. The first-order valence-corrected chi connectivity index (χ1v) is 10.1. The molecule has 0 aliphatic carbocycles. The van der Waals surface area contributed by atoms with Crippen LogP contribution in [-0.4, -0.2) is 49.0 Å². The molecule has 1 aromatic carbocycles. The maximum atomic E-state index is 10.8. The zero-order chi connectivity index (χ0) is 18.8. The molecule has 3 rings (SSSR count). The molecule has 0 atom stereocenters. The predicted molar refractivity (Wildman–Crippen MR) is 108 cm³/mol. The lowest BCUT2D eigenvalue weighted by Gasteiger charge is -2.11. The highest BCUT2D eigenvalue weighted by molar-refractivity contribution is 7.16. The van der Waals surface area contributed by atoms with Crippen molar-refractivity contribution in [3.05, 3.63) is 34.8 Å². The van der Waals surface area contributed by atoms with Crippen molar-refractivity contribution in [2.45, 2.75) is 33.1 Å². The Kier molecular flexibility index (Phi) is 8.74. The van der Waals surface area contributed by atoms with E-state index in [4.69, 9.17) is 10.5 Å². The molecule has 1 fully saturated rings. The Labute approximate surface area is 160 Å². The van der Waals surface area contributed by atoms with Gasteiger partial charge in [0.1, 0.15) is 10.8 Å².